The second-order valence-electron chi connectivity index (χ2n) is 6.45. The average Bonchev–Trinajstić information content (AvgIpc) is 2.76. The van der Waals surface area contributed by atoms with Gasteiger partial charge in [-0.1, -0.05) is 12.1 Å². The molecule has 2 rings (SSSR count). The summed E-state index contributed by atoms with van der Waals surface area (Å²) in [5.41, 5.74) is 1.34. The third-order valence-electron chi connectivity index (χ3n) is 4.09. The molecule has 0 saturated heterocycles. The predicted molar refractivity (Wildman–Crippen MR) is 111 cm³/mol. The van der Waals surface area contributed by atoms with Gasteiger partial charge in [0.1, 0.15) is 0 Å². The van der Waals surface area contributed by atoms with E-state index in [4.69, 9.17) is 4.74 Å². The first-order valence-corrected chi connectivity index (χ1v) is 8.94. The molecule has 0 atom stereocenters. The van der Waals surface area contributed by atoms with Crippen LogP contribution in [0.3, 0.4) is 0 Å². The molecule has 158 valence electrons. The summed E-state index contributed by atoms with van der Waals surface area (Å²) < 4.78 is 9.72. The summed E-state index contributed by atoms with van der Waals surface area (Å²) >= 11 is 0. The number of anilines is 2. The van der Waals surface area contributed by atoms with Crippen LogP contribution in [-0.2, 0) is 14.3 Å². The number of hydrogen-bond donors (Lipinski definition) is 1. The van der Waals surface area contributed by atoms with Gasteiger partial charge in [-0.2, -0.15) is 0 Å². The normalized spacial score (nSPS) is 10.0. The van der Waals surface area contributed by atoms with E-state index in [-0.39, 0.29) is 17.2 Å². The molecule has 30 heavy (non-hydrogen) atoms. The summed E-state index contributed by atoms with van der Waals surface area (Å²) in [7, 11) is 5.98. The third kappa shape index (κ3) is 5.57. The largest absolute Gasteiger partial charge is 0.452 e. The molecule has 2 aromatic carbocycles. The Balaban J connectivity index is 1.98. The SMILES string of the molecule is COC(=O)N(C)c1ccccc1C(=O)OCC(=O)Nc1ccc(C(=O)N(C)C)cc1. The maximum atomic E-state index is 12.4. The quantitative estimate of drug-likeness (QED) is 0.729. The third-order valence-corrected chi connectivity index (χ3v) is 4.09. The van der Waals surface area contributed by atoms with Gasteiger partial charge in [-0.05, 0) is 36.4 Å². The number of nitrogens with one attached hydrogen (secondary N) is 1. The molecule has 0 bridgehead atoms. The fourth-order valence-electron chi connectivity index (χ4n) is 2.53. The number of methoxy groups -OCH3 is 1. The highest BCUT2D eigenvalue weighted by Gasteiger charge is 2.20. The minimum Gasteiger partial charge on any atom is -0.452 e. The van der Waals surface area contributed by atoms with Crippen molar-refractivity contribution in [2.45, 2.75) is 0 Å². The van der Waals surface area contributed by atoms with Gasteiger partial charge in [0.25, 0.3) is 11.8 Å². The summed E-state index contributed by atoms with van der Waals surface area (Å²) in [5.74, 6) is -1.46. The number of para-hydroxylation sites is 1. The van der Waals surface area contributed by atoms with Gasteiger partial charge in [0.05, 0.1) is 18.4 Å². The van der Waals surface area contributed by atoms with E-state index in [1.165, 1.54) is 25.1 Å². The Morgan fingerprint density at radius 2 is 1.57 bits per heavy atom. The van der Waals surface area contributed by atoms with Crippen molar-refractivity contribution in [3.63, 3.8) is 0 Å². The number of ether oxygens (including phenoxy) is 2. The fourth-order valence-corrected chi connectivity index (χ4v) is 2.53. The van der Waals surface area contributed by atoms with Crippen LogP contribution in [0.4, 0.5) is 16.2 Å². The Labute approximate surface area is 174 Å². The molecule has 0 aromatic heterocycles. The lowest BCUT2D eigenvalue weighted by molar-refractivity contribution is -0.119. The second-order valence-corrected chi connectivity index (χ2v) is 6.45. The van der Waals surface area contributed by atoms with Crippen molar-refractivity contribution in [2.75, 3.05) is 45.1 Å². The van der Waals surface area contributed by atoms with E-state index < -0.39 is 24.6 Å². The van der Waals surface area contributed by atoms with E-state index in [2.05, 4.69) is 10.1 Å². The topological polar surface area (TPSA) is 105 Å². The number of carbonyl (C=O) groups excluding carboxylic acids is 4. The monoisotopic (exact) mass is 413 g/mol. The van der Waals surface area contributed by atoms with Crippen LogP contribution in [-0.4, -0.2) is 63.6 Å². The Bertz CT molecular complexity index is 940. The minimum absolute atomic E-state index is 0.116. The molecule has 2 aromatic rings. The molecule has 9 heteroatoms. The zero-order valence-electron chi connectivity index (χ0n) is 17.2. The Hall–Kier alpha value is -3.88. The van der Waals surface area contributed by atoms with Crippen LogP contribution in [0.2, 0.25) is 0 Å². The highest BCUT2D eigenvalue weighted by atomic mass is 16.5. The molecule has 0 fully saturated rings. The van der Waals surface area contributed by atoms with Crippen LogP contribution in [0.1, 0.15) is 20.7 Å². The maximum Gasteiger partial charge on any atom is 0.413 e. The van der Waals surface area contributed by atoms with E-state index in [9.17, 15) is 19.2 Å². The van der Waals surface area contributed by atoms with E-state index >= 15 is 0 Å². The predicted octanol–water partition coefficient (Wildman–Crippen LogP) is 2.39. The van der Waals surface area contributed by atoms with Crippen LogP contribution in [0.5, 0.6) is 0 Å². The summed E-state index contributed by atoms with van der Waals surface area (Å²) in [6, 6.07) is 12.6. The maximum absolute atomic E-state index is 12.4. The summed E-state index contributed by atoms with van der Waals surface area (Å²) in [6.45, 7) is -0.520. The minimum atomic E-state index is -0.761. The number of carbonyl (C=O) groups is 4. The van der Waals surface area contributed by atoms with Crippen molar-refractivity contribution in [1.82, 2.24) is 4.90 Å². The number of amides is 3. The fraction of sp³-hybridized carbons (Fsp3) is 0.238. The van der Waals surface area contributed by atoms with Crippen molar-refractivity contribution >= 4 is 35.3 Å². The van der Waals surface area contributed by atoms with Gasteiger partial charge < -0.3 is 19.7 Å². The summed E-state index contributed by atoms with van der Waals surface area (Å²) in [5, 5.41) is 2.58. The highest BCUT2D eigenvalue weighted by molar-refractivity contribution is 6.02. The molecule has 0 aliphatic rings. The number of nitrogens with zero attached hydrogens (tertiary/aromatic N) is 2. The van der Waals surface area contributed by atoms with Gasteiger partial charge in [-0.3, -0.25) is 14.5 Å². The molecule has 0 unspecified atom stereocenters. The standard InChI is InChI=1S/C21H23N3O6/c1-23(2)19(26)14-9-11-15(12-10-14)22-18(25)13-30-20(27)16-7-5-6-8-17(16)24(3)21(28)29-4/h5-12H,13H2,1-4H3,(H,22,25). The van der Waals surface area contributed by atoms with Crippen LogP contribution in [0.15, 0.2) is 48.5 Å². The second kappa shape index (κ2) is 10.1. The van der Waals surface area contributed by atoms with Crippen molar-refractivity contribution in [3.05, 3.63) is 59.7 Å². The van der Waals surface area contributed by atoms with Crippen LogP contribution >= 0.6 is 0 Å². The molecule has 9 nitrogen and oxygen atoms in total. The lowest BCUT2D eigenvalue weighted by atomic mass is 10.1. The smallest absolute Gasteiger partial charge is 0.413 e. The Morgan fingerprint density at radius 1 is 0.933 bits per heavy atom. The van der Waals surface area contributed by atoms with Crippen molar-refractivity contribution in [1.29, 1.82) is 0 Å². The van der Waals surface area contributed by atoms with E-state index in [1.807, 2.05) is 0 Å². The molecule has 0 radical (unpaired) electrons. The van der Waals surface area contributed by atoms with Crippen molar-refractivity contribution < 1.29 is 28.7 Å². The molecule has 0 saturated carbocycles. The first-order chi connectivity index (χ1) is 14.2. The molecule has 0 aliphatic heterocycles. The van der Waals surface area contributed by atoms with E-state index in [0.29, 0.717) is 11.3 Å². The summed E-state index contributed by atoms with van der Waals surface area (Å²) in [6.07, 6.45) is -0.649. The molecule has 0 heterocycles. The van der Waals surface area contributed by atoms with E-state index in [1.54, 1.807) is 56.6 Å². The zero-order chi connectivity index (χ0) is 22.3. The molecule has 0 aliphatic carbocycles. The molecule has 0 spiro atoms. The van der Waals surface area contributed by atoms with Gasteiger partial charge in [-0.25, -0.2) is 9.59 Å². The van der Waals surface area contributed by atoms with Crippen LogP contribution in [0, 0.1) is 0 Å². The first-order valence-electron chi connectivity index (χ1n) is 8.94. The number of benzene rings is 2. The molecular weight excluding hydrogens is 390 g/mol. The molecular formula is C21H23N3O6. The zero-order valence-corrected chi connectivity index (χ0v) is 17.2. The molecule has 1 N–H and O–H groups in total. The van der Waals surface area contributed by atoms with Gasteiger partial charge >= 0.3 is 12.1 Å². The molecule has 3 amide bonds. The van der Waals surface area contributed by atoms with Crippen molar-refractivity contribution in [2.24, 2.45) is 0 Å². The summed E-state index contributed by atoms with van der Waals surface area (Å²) in [4.78, 5) is 50.7. The highest BCUT2D eigenvalue weighted by Crippen LogP contribution is 2.21. The Morgan fingerprint density at radius 3 is 2.17 bits per heavy atom. The Kier molecular flexibility index (Phi) is 7.51. The van der Waals surface area contributed by atoms with Gasteiger partial charge in [0.15, 0.2) is 6.61 Å². The van der Waals surface area contributed by atoms with Gasteiger partial charge in [0, 0.05) is 32.4 Å². The average molecular weight is 413 g/mol. The van der Waals surface area contributed by atoms with Gasteiger partial charge in [0.2, 0.25) is 0 Å². The first kappa shape index (κ1) is 22.4. The lowest BCUT2D eigenvalue weighted by Gasteiger charge is -2.18. The lowest BCUT2D eigenvalue weighted by Crippen LogP contribution is -2.28. The van der Waals surface area contributed by atoms with Crippen LogP contribution < -0.4 is 10.2 Å². The van der Waals surface area contributed by atoms with E-state index in [0.717, 1.165) is 4.90 Å². The number of hydrogen-bond acceptors (Lipinski definition) is 6. The number of rotatable bonds is 6. The number of esters is 1. The van der Waals surface area contributed by atoms with Crippen molar-refractivity contribution in [3.8, 4) is 0 Å². The van der Waals surface area contributed by atoms with Crippen LogP contribution in [0.25, 0.3) is 0 Å². The van der Waals surface area contributed by atoms with Gasteiger partial charge in [-0.15, -0.1) is 0 Å².